The molecule has 0 N–H and O–H groups in total. The Bertz CT molecular complexity index is 1000. The minimum Gasteiger partial charge on any atom is -0.480 e. The second-order valence-corrected chi connectivity index (χ2v) is 8.03. The van der Waals surface area contributed by atoms with E-state index in [-0.39, 0.29) is 24.7 Å². The Morgan fingerprint density at radius 3 is 2.68 bits per heavy atom. The number of rotatable bonds is 8. The molecule has 0 spiro atoms. The first kappa shape index (κ1) is 20.6. The number of pyridine rings is 2. The summed E-state index contributed by atoms with van der Waals surface area (Å²) in [5, 5.41) is 1.33. The second kappa shape index (κ2) is 8.94. The molecular formula is C20H22ClN3O3S. The summed E-state index contributed by atoms with van der Waals surface area (Å²) in [6.07, 6.45) is 4.51. The molecule has 3 aromatic rings. The predicted octanol–water partition coefficient (Wildman–Crippen LogP) is 4.51. The van der Waals surface area contributed by atoms with Crippen molar-refractivity contribution < 1.29 is 14.3 Å². The molecule has 0 amide bonds. The van der Waals surface area contributed by atoms with Crippen LogP contribution in [-0.2, 0) is 22.4 Å². The molecule has 28 heavy (non-hydrogen) atoms. The van der Waals surface area contributed by atoms with Gasteiger partial charge < -0.3 is 9.47 Å². The van der Waals surface area contributed by atoms with Crippen molar-refractivity contribution in [3.63, 3.8) is 0 Å². The molecule has 1 atom stereocenters. The van der Waals surface area contributed by atoms with Crippen molar-refractivity contribution in [1.29, 1.82) is 0 Å². The zero-order valence-corrected chi connectivity index (χ0v) is 17.9. The van der Waals surface area contributed by atoms with E-state index in [0.717, 1.165) is 38.5 Å². The van der Waals surface area contributed by atoms with E-state index in [1.807, 2.05) is 6.92 Å². The number of ether oxygens (including phenoxy) is 2. The number of carbonyl (C=O) groups is 1. The summed E-state index contributed by atoms with van der Waals surface area (Å²) in [5.74, 6) is 0.392. The molecule has 8 heteroatoms. The number of carbonyl (C=O) groups excluding carboxylic acids is 1. The molecular weight excluding hydrogens is 398 g/mol. The van der Waals surface area contributed by atoms with Gasteiger partial charge >= 0.3 is 0 Å². The highest BCUT2D eigenvalue weighted by Crippen LogP contribution is 2.33. The van der Waals surface area contributed by atoms with E-state index in [9.17, 15) is 4.79 Å². The number of methoxy groups -OCH3 is 2. The van der Waals surface area contributed by atoms with Gasteiger partial charge in [-0.05, 0) is 30.5 Å². The van der Waals surface area contributed by atoms with Gasteiger partial charge in [-0.2, -0.15) is 0 Å². The highest BCUT2D eigenvalue weighted by molar-refractivity contribution is 7.18. The molecule has 3 rings (SSSR count). The lowest BCUT2D eigenvalue weighted by atomic mass is 9.96. The number of hydrogen-bond donors (Lipinski definition) is 0. The lowest BCUT2D eigenvalue weighted by molar-refractivity contribution is -0.117. The second-order valence-electron chi connectivity index (χ2n) is 6.44. The molecule has 6 nitrogen and oxygen atoms in total. The third-order valence-electron chi connectivity index (χ3n) is 4.48. The normalized spacial score (nSPS) is 12.3. The van der Waals surface area contributed by atoms with Gasteiger partial charge in [0.05, 0.1) is 18.2 Å². The molecule has 0 radical (unpaired) electrons. The quantitative estimate of drug-likeness (QED) is 0.534. The van der Waals surface area contributed by atoms with E-state index in [4.69, 9.17) is 21.1 Å². The van der Waals surface area contributed by atoms with Crippen LogP contribution in [0.25, 0.3) is 10.3 Å². The van der Waals surface area contributed by atoms with Crippen molar-refractivity contribution in [3.05, 3.63) is 45.2 Å². The topological polar surface area (TPSA) is 74.2 Å². The summed E-state index contributed by atoms with van der Waals surface area (Å²) >= 11 is 7.66. The molecule has 0 aliphatic rings. The minimum absolute atomic E-state index is 0.0448. The first-order valence-corrected chi connectivity index (χ1v) is 10.1. The molecule has 0 saturated heterocycles. The number of nitrogens with zero attached hydrogens (tertiary/aromatic N) is 3. The van der Waals surface area contributed by atoms with Gasteiger partial charge in [-0.1, -0.05) is 29.9 Å². The fourth-order valence-corrected chi connectivity index (χ4v) is 4.28. The highest BCUT2D eigenvalue weighted by Gasteiger charge is 2.22. The van der Waals surface area contributed by atoms with Gasteiger partial charge in [0.2, 0.25) is 5.88 Å². The number of aromatic nitrogens is 3. The van der Waals surface area contributed by atoms with E-state index >= 15 is 0 Å². The van der Waals surface area contributed by atoms with Crippen LogP contribution in [0.4, 0.5) is 0 Å². The Labute approximate surface area is 172 Å². The van der Waals surface area contributed by atoms with Gasteiger partial charge in [0, 0.05) is 37.9 Å². The molecule has 0 aromatic carbocycles. The first-order chi connectivity index (χ1) is 13.5. The monoisotopic (exact) mass is 419 g/mol. The number of aryl methyl sites for hydroxylation is 1. The Morgan fingerprint density at radius 1 is 1.25 bits per heavy atom. The SMILES string of the molecule is CCC(OC)c1c(CC(=O)Cc2cnc(OC)c(Cl)c2)cnc2sc(C)nc12. The maximum absolute atomic E-state index is 12.8. The van der Waals surface area contributed by atoms with Gasteiger partial charge in [0.15, 0.2) is 0 Å². The number of Topliss-reactive ketones (excluding diaryl/α,β-unsaturated/α-hetero) is 1. The van der Waals surface area contributed by atoms with Crippen molar-refractivity contribution in [2.45, 2.75) is 39.2 Å². The smallest absolute Gasteiger partial charge is 0.232 e. The molecule has 0 aliphatic heterocycles. The van der Waals surface area contributed by atoms with E-state index < -0.39 is 0 Å². The minimum atomic E-state index is -0.133. The van der Waals surface area contributed by atoms with Crippen LogP contribution in [0.5, 0.6) is 5.88 Å². The van der Waals surface area contributed by atoms with Gasteiger partial charge in [0.25, 0.3) is 0 Å². The van der Waals surface area contributed by atoms with Crippen LogP contribution in [0.1, 0.15) is 41.1 Å². The number of fused-ring (bicyclic) bond motifs is 1. The maximum atomic E-state index is 12.8. The van der Waals surface area contributed by atoms with Crippen LogP contribution in [0.3, 0.4) is 0 Å². The summed E-state index contributed by atoms with van der Waals surface area (Å²) in [7, 11) is 3.18. The van der Waals surface area contributed by atoms with Crippen LogP contribution >= 0.6 is 22.9 Å². The van der Waals surface area contributed by atoms with E-state index in [1.165, 1.54) is 7.11 Å². The molecule has 0 saturated carbocycles. The maximum Gasteiger partial charge on any atom is 0.232 e. The Balaban J connectivity index is 1.89. The average Bonchev–Trinajstić information content (AvgIpc) is 3.04. The van der Waals surface area contributed by atoms with Crippen LogP contribution in [0.2, 0.25) is 5.02 Å². The summed E-state index contributed by atoms with van der Waals surface area (Å²) in [6, 6.07) is 1.71. The fraction of sp³-hybridized carbons (Fsp3) is 0.400. The standard InChI is InChI=1S/C20H22ClN3O3S/c1-5-16(26-3)17-13(10-23-20-18(17)24-11(2)28-20)8-14(25)6-12-7-15(21)19(27-4)22-9-12/h7,9-10,16H,5-6,8H2,1-4H3. The summed E-state index contributed by atoms with van der Waals surface area (Å²) in [5.41, 5.74) is 3.38. The molecule has 3 heterocycles. The molecule has 3 aromatic heterocycles. The van der Waals surface area contributed by atoms with Gasteiger partial charge in [-0.15, -0.1) is 0 Å². The lowest BCUT2D eigenvalue weighted by Crippen LogP contribution is -2.12. The third-order valence-corrected chi connectivity index (χ3v) is 5.63. The van der Waals surface area contributed by atoms with Gasteiger partial charge in [-0.25, -0.2) is 15.0 Å². The number of halogens is 1. The lowest BCUT2D eigenvalue weighted by Gasteiger charge is -2.18. The van der Waals surface area contributed by atoms with Crippen molar-refractivity contribution in [2.75, 3.05) is 14.2 Å². The van der Waals surface area contributed by atoms with E-state index in [2.05, 4.69) is 21.9 Å². The Hall–Kier alpha value is -2.09. The molecule has 0 aliphatic carbocycles. The summed E-state index contributed by atoms with van der Waals surface area (Å²) in [6.45, 7) is 4.01. The first-order valence-electron chi connectivity index (χ1n) is 8.94. The highest BCUT2D eigenvalue weighted by atomic mass is 35.5. The van der Waals surface area contributed by atoms with Crippen molar-refractivity contribution in [1.82, 2.24) is 15.0 Å². The zero-order valence-electron chi connectivity index (χ0n) is 16.3. The van der Waals surface area contributed by atoms with E-state index in [0.29, 0.717) is 10.9 Å². The zero-order chi connectivity index (χ0) is 20.3. The number of thiazole rings is 1. The average molecular weight is 420 g/mol. The van der Waals surface area contributed by atoms with Crippen molar-refractivity contribution in [2.24, 2.45) is 0 Å². The Morgan fingerprint density at radius 2 is 2.04 bits per heavy atom. The Kier molecular flexibility index (Phi) is 6.59. The molecule has 148 valence electrons. The van der Waals surface area contributed by atoms with E-state index in [1.54, 1.807) is 36.9 Å². The summed E-state index contributed by atoms with van der Waals surface area (Å²) < 4.78 is 10.7. The van der Waals surface area contributed by atoms with Crippen LogP contribution in [0.15, 0.2) is 18.5 Å². The van der Waals surface area contributed by atoms with Crippen molar-refractivity contribution >= 4 is 39.1 Å². The largest absolute Gasteiger partial charge is 0.480 e. The number of hydrogen-bond acceptors (Lipinski definition) is 7. The van der Waals surface area contributed by atoms with Crippen LogP contribution in [0, 0.1) is 6.92 Å². The predicted molar refractivity (Wildman–Crippen MR) is 110 cm³/mol. The van der Waals surface area contributed by atoms with Crippen LogP contribution < -0.4 is 4.74 Å². The van der Waals surface area contributed by atoms with Gasteiger partial charge in [0.1, 0.15) is 21.2 Å². The van der Waals surface area contributed by atoms with Crippen molar-refractivity contribution in [3.8, 4) is 5.88 Å². The molecule has 0 bridgehead atoms. The number of ketones is 1. The third kappa shape index (κ3) is 4.32. The molecule has 0 fully saturated rings. The molecule has 1 unspecified atom stereocenters. The van der Waals surface area contributed by atoms with Crippen LogP contribution in [-0.4, -0.2) is 35.0 Å². The summed E-state index contributed by atoms with van der Waals surface area (Å²) in [4.78, 5) is 26.9. The van der Waals surface area contributed by atoms with Gasteiger partial charge in [-0.3, -0.25) is 4.79 Å². The fourth-order valence-electron chi connectivity index (χ4n) is 3.24.